The van der Waals surface area contributed by atoms with Gasteiger partial charge in [-0.05, 0) is 232 Å². The number of carbonyl (C=O) groups is 6. The van der Waals surface area contributed by atoms with Crippen LogP contribution in [0.1, 0.15) is 217 Å². The van der Waals surface area contributed by atoms with Crippen molar-refractivity contribution in [2.45, 2.75) is 278 Å². The number of carbonyl (C=O) groups excluding carboxylic acids is 6. The number of halogens is 7. The molecule has 5 N–H and O–H groups in total. The highest BCUT2D eigenvalue weighted by Gasteiger charge is 2.48. The lowest BCUT2D eigenvalue weighted by Gasteiger charge is -2.42. The molecule has 10 fully saturated rings. The zero-order chi connectivity index (χ0) is 75.7. The fourth-order valence-corrected chi connectivity index (χ4v) is 17.7. The number of piperidine rings is 5. The monoisotopic (exact) mass is 1540 g/mol. The molecule has 5 aromatic rings. The van der Waals surface area contributed by atoms with Crippen LogP contribution < -0.4 is 26.6 Å². The summed E-state index contributed by atoms with van der Waals surface area (Å²) in [4.78, 5) is 83.7. The average Bonchev–Trinajstić information content (AvgIpc) is 1.62. The van der Waals surface area contributed by atoms with Crippen LogP contribution in [0.4, 0.5) is 31.5 Å². The summed E-state index contributed by atoms with van der Waals surface area (Å²) in [5.74, 6) is -3.19. The van der Waals surface area contributed by atoms with E-state index in [1.165, 1.54) is 93.8 Å². The van der Waals surface area contributed by atoms with Crippen molar-refractivity contribution < 1.29 is 60.2 Å². The standard InChI is InChI=1S/C20H27FN2O3.C19H25FN2O3.C15H19FN2O.C15H21FN2.C14H17FN2O.2ClH/c1-20(2,3)26-19(25)23-13-9-10-14(23)12-15(11-13)22(4)18(24)16-7-5-6-8-17(16)21;1-19(2,3)25-18(24)22-13-8-9-14(22)11-12(10-13)21-17(23)15-6-4-5-7-16(15)20;1-18(12-8-10-6-7-11(9-12)17-10)15(19)13-4-2-3-5-14(13)16;1-18(10-11-4-2-3-5-15(11)16)14-8-12-6-7-13(9-14)17-12;15-13-4-2-1-3-12(13)14(18)17-11-7-9-5-6-10(8-11)16-9;;/h5-8,13-15H,9-12H2,1-4H3;4-7,12-14H,8-11H2,1-3H3,(H,21,23);2-5,10-12,17H,6-9H2,1H3;2-5,12-14,17H,6-10H2,1H3;1-4,9-11,16H,5-8H2,(H,17,18);2*1H. The summed E-state index contributed by atoms with van der Waals surface area (Å²) in [5.41, 5.74) is 0.240. The van der Waals surface area contributed by atoms with E-state index in [1.54, 1.807) is 90.6 Å². The summed E-state index contributed by atoms with van der Waals surface area (Å²) >= 11 is 0. The minimum atomic E-state index is -0.523. The molecule has 10 aliphatic heterocycles. The van der Waals surface area contributed by atoms with E-state index in [2.05, 4.69) is 38.5 Å². The molecule has 10 bridgehead atoms. The van der Waals surface area contributed by atoms with Crippen LogP contribution in [0.15, 0.2) is 121 Å². The van der Waals surface area contributed by atoms with Gasteiger partial charge < -0.3 is 55.7 Å². The third kappa shape index (κ3) is 22.0. The van der Waals surface area contributed by atoms with Gasteiger partial charge in [-0.2, -0.15) is 0 Å². The molecule has 15 rings (SSSR count). The Morgan fingerprint density at radius 3 is 1.02 bits per heavy atom. The Bertz CT molecular complexity index is 3830. The summed E-state index contributed by atoms with van der Waals surface area (Å²) in [6.07, 6.45) is 19.6. The number of nitrogens with zero attached hydrogens (tertiary/aromatic N) is 5. The van der Waals surface area contributed by atoms with Crippen LogP contribution in [-0.4, -0.2) is 183 Å². The van der Waals surface area contributed by atoms with E-state index >= 15 is 0 Å². The van der Waals surface area contributed by atoms with Crippen LogP contribution >= 0.6 is 24.8 Å². The van der Waals surface area contributed by atoms with Gasteiger partial charge in [-0.1, -0.05) is 66.7 Å². The number of ether oxygens (including phenoxy) is 2. The van der Waals surface area contributed by atoms with Crippen molar-refractivity contribution in [1.82, 2.24) is 51.1 Å². The van der Waals surface area contributed by atoms with Crippen molar-refractivity contribution in [2.75, 3.05) is 21.1 Å². The van der Waals surface area contributed by atoms with E-state index < -0.39 is 40.4 Å². The van der Waals surface area contributed by atoms with Gasteiger partial charge in [0.1, 0.15) is 40.3 Å². The zero-order valence-corrected chi connectivity index (χ0v) is 65.4. The molecule has 0 aliphatic carbocycles. The van der Waals surface area contributed by atoms with E-state index in [9.17, 15) is 50.7 Å². The molecular weight excluding hydrogens is 1430 g/mol. The van der Waals surface area contributed by atoms with Crippen molar-refractivity contribution in [3.63, 3.8) is 0 Å². The average molecular weight is 1540 g/mol. The fraction of sp³-hybridized carbons (Fsp3) is 0.566. The van der Waals surface area contributed by atoms with Gasteiger partial charge in [-0.15, -0.1) is 24.8 Å². The summed E-state index contributed by atoms with van der Waals surface area (Å²) in [7, 11) is 5.65. The van der Waals surface area contributed by atoms with Crippen molar-refractivity contribution >= 4 is 60.6 Å². The third-order valence-electron chi connectivity index (χ3n) is 22.9. The molecule has 18 nitrogen and oxygen atoms in total. The largest absolute Gasteiger partial charge is 0.444 e. The highest BCUT2D eigenvalue weighted by atomic mass is 35.5. The van der Waals surface area contributed by atoms with Gasteiger partial charge in [0.15, 0.2) is 0 Å². The lowest BCUT2D eigenvalue weighted by Crippen LogP contribution is -2.53. The first-order chi connectivity index (χ1) is 50.5. The lowest BCUT2D eigenvalue weighted by molar-refractivity contribution is -0.00147. The van der Waals surface area contributed by atoms with Crippen molar-refractivity contribution in [3.8, 4) is 0 Å². The summed E-state index contributed by atoms with van der Waals surface area (Å²) in [6.45, 7) is 11.9. The highest BCUT2D eigenvalue weighted by molar-refractivity contribution is 5.96. The van der Waals surface area contributed by atoms with Crippen LogP contribution in [0, 0.1) is 29.1 Å². The Morgan fingerprint density at radius 2 is 0.676 bits per heavy atom. The Balaban J connectivity index is 0.000000156. The van der Waals surface area contributed by atoms with Crippen LogP contribution in [0.2, 0.25) is 0 Å². The maximum Gasteiger partial charge on any atom is 0.410 e. The molecule has 10 aliphatic rings. The molecule has 10 unspecified atom stereocenters. The van der Waals surface area contributed by atoms with E-state index in [0.29, 0.717) is 68.0 Å². The fourth-order valence-electron chi connectivity index (χ4n) is 17.7. The van der Waals surface area contributed by atoms with Gasteiger partial charge in [-0.3, -0.25) is 24.1 Å². The summed E-state index contributed by atoms with van der Waals surface area (Å²) in [6, 6.07) is 36.2. The number of hydrogen-bond acceptors (Lipinski definition) is 12. The highest BCUT2D eigenvalue weighted by Crippen LogP contribution is 2.41. The quantitative estimate of drug-likeness (QED) is 0.0786. The summed E-state index contributed by atoms with van der Waals surface area (Å²) < 4.78 is 79.6. The molecule has 0 spiro atoms. The van der Waals surface area contributed by atoms with Crippen LogP contribution in [-0.2, 0) is 16.0 Å². The SMILES string of the molecule is CC(C)(C)OC(=O)N1C2CCC1CC(NC(=O)c1ccccc1F)C2.CN(C(=O)c1ccccc1F)C1CC2CCC(C1)N2.CN(C(=O)c1ccccc1F)C1CC2CCC(C1)N2C(=O)OC(C)(C)C.CN(Cc1ccccc1F)C1CC2CCC(C1)N2.Cl.Cl.O=C(NC1CC2CCC(C1)N2)c1ccccc1F. The minimum absolute atomic E-state index is 0. The molecule has 590 valence electrons. The molecule has 0 radical (unpaired) electrons. The Morgan fingerprint density at radius 1 is 0.389 bits per heavy atom. The van der Waals surface area contributed by atoms with Gasteiger partial charge >= 0.3 is 12.2 Å². The number of rotatable bonds is 11. The third-order valence-corrected chi connectivity index (χ3v) is 22.9. The number of hydrogen-bond donors (Lipinski definition) is 5. The number of fused-ring (bicyclic) bond motifs is 10. The molecule has 108 heavy (non-hydrogen) atoms. The Labute approximate surface area is 646 Å². The lowest BCUT2D eigenvalue weighted by atomic mass is 9.96. The van der Waals surface area contributed by atoms with E-state index in [4.69, 9.17) is 9.47 Å². The normalized spacial score (nSPS) is 27.3. The molecule has 10 atom stereocenters. The maximum atomic E-state index is 13.9. The van der Waals surface area contributed by atoms with Crippen molar-refractivity contribution in [1.29, 1.82) is 0 Å². The van der Waals surface area contributed by atoms with Gasteiger partial charge in [0.25, 0.3) is 23.6 Å². The number of nitrogens with one attached hydrogen (secondary N) is 5. The first kappa shape index (κ1) is 84.6. The summed E-state index contributed by atoms with van der Waals surface area (Å²) in [5, 5.41) is 16.6. The topological polar surface area (TPSA) is 197 Å². The Kier molecular flexibility index (Phi) is 29.4. The van der Waals surface area contributed by atoms with Crippen molar-refractivity contribution in [3.05, 3.63) is 178 Å². The molecule has 10 saturated heterocycles. The molecular formula is C83H111Cl2F5N10O8. The first-order valence-corrected chi connectivity index (χ1v) is 38.4. The second-order valence-corrected chi connectivity index (χ2v) is 32.9. The number of benzene rings is 5. The van der Waals surface area contributed by atoms with Gasteiger partial charge in [-0.25, -0.2) is 31.5 Å². The predicted molar refractivity (Wildman–Crippen MR) is 412 cm³/mol. The van der Waals surface area contributed by atoms with Gasteiger partial charge in [0.2, 0.25) is 0 Å². The molecule has 6 amide bonds. The molecule has 10 heterocycles. The van der Waals surface area contributed by atoms with E-state index in [1.807, 2.05) is 63.5 Å². The molecule has 0 aromatic heterocycles. The van der Waals surface area contributed by atoms with Crippen LogP contribution in [0.25, 0.3) is 0 Å². The smallest absolute Gasteiger partial charge is 0.410 e. The first-order valence-electron chi connectivity index (χ1n) is 38.4. The van der Waals surface area contributed by atoms with Gasteiger partial charge in [0.05, 0.1) is 22.3 Å². The number of amides is 6. The van der Waals surface area contributed by atoms with Crippen molar-refractivity contribution in [2.24, 2.45) is 0 Å². The maximum absolute atomic E-state index is 13.9. The second-order valence-electron chi connectivity index (χ2n) is 32.9. The minimum Gasteiger partial charge on any atom is -0.444 e. The predicted octanol–water partition coefficient (Wildman–Crippen LogP) is 14.7. The van der Waals surface area contributed by atoms with E-state index in [-0.39, 0.29) is 131 Å². The molecule has 0 saturated carbocycles. The molecule has 25 heteroatoms. The van der Waals surface area contributed by atoms with E-state index in [0.717, 1.165) is 63.5 Å². The zero-order valence-electron chi connectivity index (χ0n) is 63.8. The van der Waals surface area contributed by atoms with Gasteiger partial charge in [0, 0.05) is 117 Å². The Hall–Kier alpha value is -7.41. The van der Waals surface area contributed by atoms with Crippen LogP contribution in [0.3, 0.4) is 0 Å². The molecule has 5 aromatic carbocycles. The van der Waals surface area contributed by atoms with Crippen LogP contribution in [0.5, 0.6) is 0 Å². The second kappa shape index (κ2) is 37.5.